The van der Waals surface area contributed by atoms with Crippen LogP contribution in [0.15, 0.2) is 72.8 Å². The predicted octanol–water partition coefficient (Wildman–Crippen LogP) is 5.58. The summed E-state index contributed by atoms with van der Waals surface area (Å²) in [5.74, 6) is -0.152. The minimum atomic E-state index is -0.189. The van der Waals surface area contributed by atoms with Crippen LogP contribution in [0, 0.1) is 0 Å². The standard InChI is InChI=1S/C28H29ClN4O2/c1-18(2)33(25(34)17-32(3)4)22-13-11-21(12-14-22)30-27(19-8-6-5-7-9-19)26-23-15-10-20(29)16-24(23)31-28(26)35/h5-16,18,30H,17H2,1-4H3,(H,31,35). The van der Waals surface area contributed by atoms with Gasteiger partial charge in [0.25, 0.3) is 5.91 Å². The maximum Gasteiger partial charge on any atom is 0.258 e. The van der Waals surface area contributed by atoms with Crippen molar-refractivity contribution in [2.24, 2.45) is 0 Å². The van der Waals surface area contributed by atoms with Crippen molar-refractivity contribution in [3.8, 4) is 0 Å². The molecule has 2 N–H and O–H groups in total. The van der Waals surface area contributed by atoms with E-state index in [0.717, 1.165) is 22.5 Å². The fourth-order valence-electron chi connectivity index (χ4n) is 4.20. The van der Waals surface area contributed by atoms with E-state index in [9.17, 15) is 9.59 Å². The van der Waals surface area contributed by atoms with Crippen molar-refractivity contribution in [2.75, 3.05) is 36.2 Å². The Morgan fingerprint density at radius 2 is 1.69 bits per heavy atom. The lowest BCUT2D eigenvalue weighted by Crippen LogP contribution is -2.42. The fourth-order valence-corrected chi connectivity index (χ4v) is 4.38. The van der Waals surface area contributed by atoms with E-state index in [2.05, 4.69) is 10.6 Å². The Kier molecular flexibility index (Phi) is 7.24. The molecule has 0 spiro atoms. The third-order valence-electron chi connectivity index (χ3n) is 5.69. The van der Waals surface area contributed by atoms with Gasteiger partial charge in [-0.05, 0) is 69.9 Å². The molecule has 6 nitrogen and oxygen atoms in total. The SMILES string of the molecule is CC(C)N(C(=O)CN(C)C)c1ccc(NC(=C2C(=O)Nc3cc(Cl)ccc32)c2ccccc2)cc1. The number of amides is 2. The number of carbonyl (C=O) groups excluding carboxylic acids is 2. The molecule has 0 saturated carbocycles. The number of nitrogens with zero attached hydrogens (tertiary/aromatic N) is 2. The molecule has 7 heteroatoms. The minimum absolute atomic E-state index is 0.0220. The van der Waals surface area contributed by atoms with E-state index < -0.39 is 0 Å². The van der Waals surface area contributed by atoms with Crippen molar-refractivity contribution >= 4 is 51.7 Å². The number of rotatable bonds is 7. The zero-order chi connectivity index (χ0) is 25.1. The molecule has 0 saturated heterocycles. The number of fused-ring (bicyclic) bond motifs is 1. The second-order valence-corrected chi connectivity index (χ2v) is 9.46. The Balaban J connectivity index is 1.72. The van der Waals surface area contributed by atoms with E-state index in [1.165, 1.54) is 0 Å². The summed E-state index contributed by atoms with van der Waals surface area (Å²) in [4.78, 5) is 29.5. The van der Waals surface area contributed by atoms with Gasteiger partial charge in [0.2, 0.25) is 5.91 Å². The quantitative estimate of drug-likeness (QED) is 0.426. The topological polar surface area (TPSA) is 64.7 Å². The number of anilines is 3. The van der Waals surface area contributed by atoms with Gasteiger partial charge in [0, 0.05) is 28.0 Å². The third kappa shape index (κ3) is 5.39. The molecule has 180 valence electrons. The summed E-state index contributed by atoms with van der Waals surface area (Å²) in [6.45, 7) is 4.33. The maximum absolute atomic E-state index is 13.0. The van der Waals surface area contributed by atoms with E-state index >= 15 is 0 Å². The zero-order valence-electron chi connectivity index (χ0n) is 20.3. The molecule has 2 amide bonds. The van der Waals surface area contributed by atoms with Crippen molar-refractivity contribution in [2.45, 2.75) is 19.9 Å². The molecule has 0 fully saturated rings. The molecule has 35 heavy (non-hydrogen) atoms. The number of nitrogens with one attached hydrogen (secondary N) is 2. The molecule has 0 radical (unpaired) electrons. The highest BCUT2D eigenvalue weighted by Gasteiger charge is 2.28. The number of carbonyl (C=O) groups is 2. The number of halogens is 1. The number of benzene rings is 3. The molecule has 1 aliphatic rings. The normalized spacial score (nSPS) is 14.1. The highest BCUT2D eigenvalue weighted by molar-refractivity contribution is 6.38. The first-order valence-corrected chi connectivity index (χ1v) is 11.9. The molecule has 3 aromatic rings. The summed E-state index contributed by atoms with van der Waals surface area (Å²) in [6, 6.07) is 22.8. The van der Waals surface area contributed by atoms with Crippen molar-refractivity contribution in [3.05, 3.63) is 88.9 Å². The Hall–Kier alpha value is -3.61. The van der Waals surface area contributed by atoms with Crippen molar-refractivity contribution in [1.82, 2.24) is 4.90 Å². The Morgan fingerprint density at radius 3 is 2.31 bits per heavy atom. The first-order chi connectivity index (χ1) is 16.7. The maximum atomic E-state index is 13.0. The molecular formula is C28H29ClN4O2. The summed E-state index contributed by atoms with van der Waals surface area (Å²) < 4.78 is 0. The van der Waals surface area contributed by atoms with Gasteiger partial charge in [-0.15, -0.1) is 0 Å². The summed E-state index contributed by atoms with van der Waals surface area (Å²) >= 11 is 6.14. The van der Waals surface area contributed by atoms with Crippen LogP contribution in [0.4, 0.5) is 17.1 Å². The minimum Gasteiger partial charge on any atom is -0.354 e. The van der Waals surface area contributed by atoms with Gasteiger partial charge >= 0.3 is 0 Å². The van der Waals surface area contributed by atoms with Gasteiger partial charge in [0.15, 0.2) is 0 Å². The van der Waals surface area contributed by atoms with E-state index in [1.807, 2.05) is 93.5 Å². The molecule has 4 rings (SSSR count). The molecule has 0 unspecified atom stereocenters. The lowest BCUT2D eigenvalue weighted by Gasteiger charge is -2.28. The van der Waals surface area contributed by atoms with Gasteiger partial charge in [-0.2, -0.15) is 0 Å². The highest BCUT2D eigenvalue weighted by Crippen LogP contribution is 2.38. The van der Waals surface area contributed by atoms with Crippen molar-refractivity contribution in [1.29, 1.82) is 0 Å². The summed E-state index contributed by atoms with van der Waals surface area (Å²) in [5, 5.41) is 6.94. The Bertz CT molecular complexity index is 1270. The fraction of sp³-hybridized carbons (Fsp3) is 0.214. The van der Waals surface area contributed by atoms with Gasteiger partial charge < -0.3 is 20.4 Å². The van der Waals surface area contributed by atoms with Gasteiger partial charge in [-0.25, -0.2) is 0 Å². The van der Waals surface area contributed by atoms with Gasteiger partial charge in [-0.3, -0.25) is 9.59 Å². The highest BCUT2D eigenvalue weighted by atomic mass is 35.5. The van der Waals surface area contributed by atoms with E-state index in [-0.39, 0.29) is 17.9 Å². The van der Waals surface area contributed by atoms with Crippen LogP contribution in [0.3, 0.4) is 0 Å². The number of likely N-dealkylation sites (N-methyl/N-ethyl adjacent to an activating group) is 1. The van der Waals surface area contributed by atoms with Crippen LogP contribution in [0.5, 0.6) is 0 Å². The van der Waals surface area contributed by atoms with Gasteiger partial charge in [0.05, 0.1) is 23.5 Å². The number of hydrogen-bond acceptors (Lipinski definition) is 4. The smallest absolute Gasteiger partial charge is 0.258 e. The zero-order valence-corrected chi connectivity index (χ0v) is 21.1. The average Bonchev–Trinajstić information content (AvgIpc) is 3.13. The van der Waals surface area contributed by atoms with E-state index in [0.29, 0.717) is 28.5 Å². The first kappa shape index (κ1) is 24.5. The van der Waals surface area contributed by atoms with Crippen LogP contribution in [0.2, 0.25) is 5.02 Å². The van der Waals surface area contributed by atoms with Crippen LogP contribution in [0.25, 0.3) is 11.3 Å². The average molecular weight is 489 g/mol. The predicted molar refractivity (Wildman–Crippen MR) is 145 cm³/mol. The van der Waals surface area contributed by atoms with E-state index in [4.69, 9.17) is 11.6 Å². The summed E-state index contributed by atoms with van der Waals surface area (Å²) in [5.41, 5.74) is 5.24. The third-order valence-corrected chi connectivity index (χ3v) is 5.93. The van der Waals surface area contributed by atoms with Crippen LogP contribution in [-0.2, 0) is 9.59 Å². The van der Waals surface area contributed by atoms with Crippen molar-refractivity contribution in [3.63, 3.8) is 0 Å². The van der Waals surface area contributed by atoms with Crippen LogP contribution < -0.4 is 15.5 Å². The molecular weight excluding hydrogens is 460 g/mol. The van der Waals surface area contributed by atoms with Crippen LogP contribution in [0.1, 0.15) is 25.0 Å². The van der Waals surface area contributed by atoms with E-state index in [1.54, 1.807) is 17.0 Å². The molecule has 3 aromatic carbocycles. The van der Waals surface area contributed by atoms with Gasteiger partial charge in [0.1, 0.15) is 0 Å². The second kappa shape index (κ2) is 10.3. The number of hydrogen-bond donors (Lipinski definition) is 2. The monoisotopic (exact) mass is 488 g/mol. The lowest BCUT2D eigenvalue weighted by atomic mass is 10.00. The first-order valence-electron chi connectivity index (χ1n) is 11.5. The lowest BCUT2D eigenvalue weighted by molar-refractivity contribution is -0.119. The van der Waals surface area contributed by atoms with Crippen molar-refractivity contribution < 1.29 is 9.59 Å². The molecule has 1 heterocycles. The Morgan fingerprint density at radius 1 is 1.00 bits per heavy atom. The van der Waals surface area contributed by atoms with Crippen LogP contribution >= 0.6 is 11.6 Å². The molecule has 0 aliphatic carbocycles. The Labute approximate surface area is 211 Å². The molecule has 0 aromatic heterocycles. The summed E-state index contributed by atoms with van der Waals surface area (Å²) in [7, 11) is 3.76. The molecule has 0 atom stereocenters. The van der Waals surface area contributed by atoms with Gasteiger partial charge in [-0.1, -0.05) is 48.0 Å². The summed E-state index contributed by atoms with van der Waals surface area (Å²) in [6.07, 6.45) is 0. The van der Waals surface area contributed by atoms with Crippen LogP contribution in [-0.4, -0.2) is 43.4 Å². The molecule has 1 aliphatic heterocycles. The largest absolute Gasteiger partial charge is 0.354 e. The molecule has 0 bridgehead atoms. The second-order valence-electron chi connectivity index (χ2n) is 9.03.